The van der Waals surface area contributed by atoms with Crippen molar-refractivity contribution >= 4 is 17.1 Å². The van der Waals surface area contributed by atoms with E-state index < -0.39 is 11.7 Å². The van der Waals surface area contributed by atoms with Gasteiger partial charge in [0.15, 0.2) is 0 Å². The minimum Gasteiger partial charge on any atom is -0.400 e. The van der Waals surface area contributed by atoms with Crippen LogP contribution in [0.5, 0.6) is 0 Å². The smallest absolute Gasteiger partial charge is 0.400 e. The summed E-state index contributed by atoms with van der Waals surface area (Å²) in [7, 11) is 1.00. The summed E-state index contributed by atoms with van der Waals surface area (Å²) in [6, 6.07) is 15.9. The lowest BCUT2D eigenvalue weighted by atomic mass is 9.96. The van der Waals surface area contributed by atoms with Crippen LogP contribution >= 0.6 is 0 Å². The molecule has 0 unspecified atom stereocenters. The Labute approximate surface area is 137 Å². The zero-order valence-corrected chi connectivity index (χ0v) is 12.8. The second-order valence-electron chi connectivity index (χ2n) is 4.98. The summed E-state index contributed by atoms with van der Waals surface area (Å²) in [5.41, 5.74) is 1.44. The van der Waals surface area contributed by atoms with Crippen molar-refractivity contribution in [2.45, 2.75) is 6.18 Å². The van der Waals surface area contributed by atoms with Crippen LogP contribution < -0.4 is 0 Å². The Balaban J connectivity index is 0.00000100. The first-order valence-corrected chi connectivity index (χ1v) is 7.09. The molecule has 0 aliphatic heterocycles. The summed E-state index contributed by atoms with van der Waals surface area (Å²) in [4.78, 5) is 10.8. The summed E-state index contributed by atoms with van der Waals surface area (Å²) in [5.74, 6) is 0. The molecule has 0 fully saturated rings. The zero-order chi connectivity index (χ0) is 17.7. The predicted molar refractivity (Wildman–Crippen MR) is 87.9 cm³/mol. The van der Waals surface area contributed by atoms with Gasteiger partial charge in [-0.25, -0.2) is 0 Å². The van der Waals surface area contributed by atoms with Crippen molar-refractivity contribution in [1.82, 2.24) is 0 Å². The third-order valence-electron chi connectivity index (χ3n) is 3.56. The number of aliphatic hydroxyl groups is 1. The fraction of sp³-hybridized carbons (Fsp3) is 0.105. The second kappa shape index (κ2) is 7.27. The molecule has 124 valence electrons. The Bertz CT molecular complexity index is 837. The molecule has 0 bridgehead atoms. The highest BCUT2D eigenvalue weighted by Gasteiger charge is 2.29. The molecule has 0 spiro atoms. The van der Waals surface area contributed by atoms with E-state index in [0.29, 0.717) is 11.1 Å². The molecule has 0 aromatic heterocycles. The molecule has 0 aliphatic rings. The number of carbonyl (C=O) groups excluding carboxylic acids is 1. The number of carbonyl (C=O) groups is 1. The minimum absolute atomic E-state index is 0.567. The van der Waals surface area contributed by atoms with E-state index in [-0.39, 0.29) is 0 Å². The molecule has 0 saturated carbocycles. The van der Waals surface area contributed by atoms with Crippen LogP contribution in [0, 0.1) is 0 Å². The molecular weight excluding hydrogens is 317 g/mol. The average Bonchev–Trinajstić information content (AvgIpc) is 2.61. The molecule has 3 aromatic carbocycles. The minimum atomic E-state index is -4.34. The number of halogens is 3. The maximum atomic E-state index is 12.6. The van der Waals surface area contributed by atoms with Gasteiger partial charge in [-0.05, 0) is 40.1 Å². The van der Waals surface area contributed by atoms with Gasteiger partial charge in [-0.2, -0.15) is 13.2 Å². The summed E-state index contributed by atoms with van der Waals surface area (Å²) < 4.78 is 37.9. The first-order valence-electron chi connectivity index (χ1n) is 7.09. The third-order valence-corrected chi connectivity index (χ3v) is 3.56. The summed E-state index contributed by atoms with van der Waals surface area (Å²) in [5, 5.41) is 8.77. The molecule has 0 heterocycles. The van der Waals surface area contributed by atoms with Crippen molar-refractivity contribution in [2.24, 2.45) is 0 Å². The van der Waals surface area contributed by atoms with Gasteiger partial charge in [0.1, 0.15) is 6.29 Å². The number of hydrogen-bond acceptors (Lipinski definition) is 2. The van der Waals surface area contributed by atoms with Crippen LogP contribution in [0.15, 0.2) is 60.7 Å². The molecular formula is C19H15F3O2. The molecule has 0 amide bonds. The van der Waals surface area contributed by atoms with E-state index in [1.54, 1.807) is 12.1 Å². The van der Waals surface area contributed by atoms with Crippen LogP contribution in [0.1, 0.15) is 15.9 Å². The van der Waals surface area contributed by atoms with E-state index in [4.69, 9.17) is 5.11 Å². The normalized spacial score (nSPS) is 10.9. The number of aliphatic hydroxyl groups excluding tert-OH is 1. The molecule has 3 rings (SSSR count). The number of aldehydes is 1. The van der Waals surface area contributed by atoms with E-state index in [1.807, 2.05) is 24.3 Å². The molecule has 3 aromatic rings. The summed E-state index contributed by atoms with van der Waals surface area (Å²) in [6.45, 7) is 0. The number of fused-ring (bicyclic) bond motifs is 1. The largest absolute Gasteiger partial charge is 0.416 e. The highest BCUT2D eigenvalue weighted by atomic mass is 19.4. The van der Waals surface area contributed by atoms with Gasteiger partial charge in [-0.3, -0.25) is 4.79 Å². The van der Waals surface area contributed by atoms with Crippen LogP contribution in [-0.4, -0.2) is 18.5 Å². The Morgan fingerprint density at radius 1 is 0.917 bits per heavy atom. The maximum absolute atomic E-state index is 12.6. The van der Waals surface area contributed by atoms with Crippen LogP contribution in [0.2, 0.25) is 0 Å². The predicted octanol–water partition coefficient (Wildman–Crippen LogP) is 4.95. The van der Waals surface area contributed by atoms with E-state index in [1.165, 1.54) is 12.1 Å². The van der Waals surface area contributed by atoms with Crippen molar-refractivity contribution in [1.29, 1.82) is 0 Å². The topological polar surface area (TPSA) is 37.3 Å². The van der Waals surface area contributed by atoms with Crippen LogP contribution in [0.25, 0.3) is 21.9 Å². The average molecular weight is 332 g/mol. The molecule has 1 N–H and O–H groups in total. The van der Waals surface area contributed by atoms with Crippen molar-refractivity contribution in [3.63, 3.8) is 0 Å². The SMILES string of the molecule is CO.O=Cc1ccc2c(-c3ccc(C(F)(F)F)cc3)cccc2c1. The maximum Gasteiger partial charge on any atom is 0.416 e. The first-order chi connectivity index (χ1) is 11.5. The number of alkyl halides is 3. The standard InChI is InChI=1S/C18H11F3O.CH4O/c19-18(20,21)15-7-5-13(6-8-15)16-3-1-2-14-10-12(11-22)4-9-17(14)16;1-2/h1-11H;2H,1H3. The van der Waals surface area contributed by atoms with E-state index in [9.17, 15) is 18.0 Å². The number of benzene rings is 3. The molecule has 0 saturated heterocycles. The first kappa shape index (κ1) is 17.7. The van der Waals surface area contributed by atoms with Crippen LogP contribution in [0.3, 0.4) is 0 Å². The Morgan fingerprint density at radius 3 is 2.17 bits per heavy atom. The molecule has 0 atom stereocenters. The fourth-order valence-electron chi connectivity index (χ4n) is 2.47. The number of hydrogen-bond donors (Lipinski definition) is 1. The molecule has 5 heteroatoms. The monoisotopic (exact) mass is 332 g/mol. The quantitative estimate of drug-likeness (QED) is 0.675. The highest BCUT2D eigenvalue weighted by molar-refractivity contribution is 5.98. The lowest BCUT2D eigenvalue weighted by Gasteiger charge is -2.10. The van der Waals surface area contributed by atoms with Gasteiger partial charge < -0.3 is 5.11 Å². The fourth-order valence-corrected chi connectivity index (χ4v) is 2.47. The van der Waals surface area contributed by atoms with Crippen LogP contribution in [0.4, 0.5) is 13.2 Å². The van der Waals surface area contributed by atoms with Crippen molar-refractivity contribution in [3.05, 3.63) is 71.8 Å². The van der Waals surface area contributed by atoms with E-state index >= 15 is 0 Å². The van der Waals surface area contributed by atoms with E-state index in [0.717, 1.165) is 41.9 Å². The Kier molecular flexibility index (Phi) is 5.36. The zero-order valence-electron chi connectivity index (χ0n) is 12.8. The number of rotatable bonds is 2. The van der Waals surface area contributed by atoms with Gasteiger partial charge in [-0.15, -0.1) is 0 Å². The summed E-state index contributed by atoms with van der Waals surface area (Å²) in [6.07, 6.45) is -3.57. The van der Waals surface area contributed by atoms with Crippen LogP contribution in [-0.2, 0) is 6.18 Å². The van der Waals surface area contributed by atoms with Gasteiger partial charge in [0.2, 0.25) is 0 Å². The van der Waals surface area contributed by atoms with Gasteiger partial charge in [0.25, 0.3) is 0 Å². The Hall–Kier alpha value is -2.66. The molecule has 2 nitrogen and oxygen atoms in total. The molecule has 24 heavy (non-hydrogen) atoms. The second-order valence-corrected chi connectivity index (χ2v) is 4.98. The molecule has 0 radical (unpaired) electrons. The van der Waals surface area contributed by atoms with Gasteiger partial charge in [-0.1, -0.05) is 42.5 Å². The van der Waals surface area contributed by atoms with Gasteiger partial charge in [0.05, 0.1) is 5.56 Å². The third kappa shape index (κ3) is 3.63. The van der Waals surface area contributed by atoms with Crippen molar-refractivity contribution in [2.75, 3.05) is 7.11 Å². The van der Waals surface area contributed by atoms with Crippen molar-refractivity contribution in [3.8, 4) is 11.1 Å². The van der Waals surface area contributed by atoms with Gasteiger partial charge >= 0.3 is 6.18 Å². The highest BCUT2D eigenvalue weighted by Crippen LogP contribution is 2.33. The van der Waals surface area contributed by atoms with Crippen molar-refractivity contribution < 1.29 is 23.1 Å². The lowest BCUT2D eigenvalue weighted by Crippen LogP contribution is -2.03. The lowest BCUT2D eigenvalue weighted by molar-refractivity contribution is -0.137. The van der Waals surface area contributed by atoms with E-state index in [2.05, 4.69) is 0 Å². The summed E-state index contributed by atoms with van der Waals surface area (Å²) >= 11 is 0. The Morgan fingerprint density at radius 2 is 1.58 bits per heavy atom. The van der Waals surface area contributed by atoms with Gasteiger partial charge in [0, 0.05) is 12.7 Å². The molecule has 0 aliphatic carbocycles.